The Bertz CT molecular complexity index is 1250. The number of nitrogens with zero attached hydrogens (tertiary/aromatic N) is 2. The molecule has 1 aliphatic rings. The largest absolute Gasteiger partial charge is 0.497 e. The summed E-state index contributed by atoms with van der Waals surface area (Å²) in [5, 5.41) is 5.90. The number of carbonyl (C=O) groups excluding carboxylic acids is 2. The molecule has 8 nitrogen and oxygen atoms in total. The van der Waals surface area contributed by atoms with Crippen molar-refractivity contribution >= 4 is 40.5 Å². The summed E-state index contributed by atoms with van der Waals surface area (Å²) >= 11 is 5.32. The van der Waals surface area contributed by atoms with E-state index >= 15 is 0 Å². The molecule has 1 heterocycles. The third-order valence-corrected chi connectivity index (χ3v) is 6.40. The van der Waals surface area contributed by atoms with Gasteiger partial charge in [0.25, 0.3) is 11.8 Å². The highest BCUT2D eigenvalue weighted by Crippen LogP contribution is 2.23. The van der Waals surface area contributed by atoms with E-state index in [-0.39, 0.29) is 16.9 Å². The number of anilines is 2. The van der Waals surface area contributed by atoms with Crippen LogP contribution in [0.2, 0.25) is 0 Å². The smallest absolute Gasteiger partial charge is 0.257 e. The standard InChI is InChI=1S/C28H30N4O4S/c1-19-4-6-20(7-5-19)27(34)32-14-12-31(13-15-32)23-10-8-22(9-11-23)29-28(37)30-26(33)21-16-24(35-2)18-25(17-21)36-3/h4-11,16-18H,12-15H2,1-3H3,(H2,29,30,33,37). The summed E-state index contributed by atoms with van der Waals surface area (Å²) < 4.78 is 10.4. The number of rotatable bonds is 6. The van der Waals surface area contributed by atoms with Crippen molar-refractivity contribution in [1.82, 2.24) is 10.2 Å². The van der Waals surface area contributed by atoms with E-state index in [1.54, 1.807) is 18.2 Å². The fourth-order valence-corrected chi connectivity index (χ4v) is 4.29. The van der Waals surface area contributed by atoms with E-state index in [1.165, 1.54) is 14.2 Å². The molecule has 0 radical (unpaired) electrons. The molecule has 0 saturated carbocycles. The highest BCUT2D eigenvalue weighted by Gasteiger charge is 2.22. The minimum Gasteiger partial charge on any atom is -0.497 e. The molecule has 4 rings (SSSR count). The monoisotopic (exact) mass is 518 g/mol. The normalized spacial score (nSPS) is 13.1. The summed E-state index contributed by atoms with van der Waals surface area (Å²) in [6.07, 6.45) is 0. The van der Waals surface area contributed by atoms with Gasteiger partial charge in [-0.1, -0.05) is 17.7 Å². The third-order valence-electron chi connectivity index (χ3n) is 6.20. The summed E-state index contributed by atoms with van der Waals surface area (Å²) in [6, 6.07) is 20.4. The summed E-state index contributed by atoms with van der Waals surface area (Å²) in [5.74, 6) is 0.727. The minimum absolute atomic E-state index is 0.0714. The molecule has 3 aromatic carbocycles. The number of hydrogen-bond donors (Lipinski definition) is 2. The van der Waals surface area contributed by atoms with Gasteiger partial charge in [-0.3, -0.25) is 14.9 Å². The van der Waals surface area contributed by atoms with E-state index in [2.05, 4.69) is 15.5 Å². The van der Waals surface area contributed by atoms with Crippen molar-refractivity contribution in [2.24, 2.45) is 0 Å². The average Bonchev–Trinajstić information content (AvgIpc) is 2.93. The maximum Gasteiger partial charge on any atom is 0.257 e. The average molecular weight is 519 g/mol. The molecular formula is C28H30N4O4S. The highest BCUT2D eigenvalue weighted by molar-refractivity contribution is 7.80. The van der Waals surface area contributed by atoms with Crippen molar-refractivity contribution < 1.29 is 19.1 Å². The van der Waals surface area contributed by atoms with Crippen LogP contribution in [-0.2, 0) is 0 Å². The fraction of sp³-hybridized carbons (Fsp3) is 0.250. The van der Waals surface area contributed by atoms with E-state index in [0.29, 0.717) is 30.2 Å². The van der Waals surface area contributed by atoms with E-state index in [1.807, 2.05) is 60.4 Å². The Balaban J connectivity index is 1.29. The molecule has 0 aromatic heterocycles. The van der Waals surface area contributed by atoms with Gasteiger partial charge in [-0.25, -0.2) is 0 Å². The second kappa shape index (κ2) is 11.7. The molecule has 2 N–H and O–H groups in total. The number of hydrogen-bond acceptors (Lipinski definition) is 6. The van der Waals surface area contributed by atoms with E-state index in [0.717, 1.165) is 35.6 Å². The zero-order chi connectivity index (χ0) is 26.4. The molecule has 2 amide bonds. The summed E-state index contributed by atoms with van der Waals surface area (Å²) in [6.45, 7) is 4.85. The van der Waals surface area contributed by atoms with Crippen LogP contribution >= 0.6 is 12.2 Å². The first kappa shape index (κ1) is 26.0. The summed E-state index contributed by atoms with van der Waals surface area (Å²) in [7, 11) is 3.05. The van der Waals surface area contributed by atoms with Crippen molar-refractivity contribution in [2.75, 3.05) is 50.6 Å². The Kier molecular flexibility index (Phi) is 8.25. The topological polar surface area (TPSA) is 83.1 Å². The van der Waals surface area contributed by atoms with Crippen LogP contribution in [0.1, 0.15) is 26.3 Å². The zero-order valence-corrected chi connectivity index (χ0v) is 21.9. The molecule has 1 saturated heterocycles. The predicted octanol–water partition coefficient (Wildman–Crippen LogP) is 4.10. The first-order valence-corrected chi connectivity index (χ1v) is 12.3. The number of carbonyl (C=O) groups is 2. The minimum atomic E-state index is -0.371. The maximum absolute atomic E-state index is 12.8. The van der Waals surface area contributed by atoms with Crippen LogP contribution in [0.5, 0.6) is 11.5 Å². The summed E-state index contributed by atoms with van der Waals surface area (Å²) in [4.78, 5) is 29.6. The van der Waals surface area contributed by atoms with Gasteiger partial charge in [-0.05, 0) is 67.7 Å². The molecule has 0 unspecified atom stereocenters. The number of thiocarbonyl (C=S) groups is 1. The lowest BCUT2D eigenvalue weighted by atomic mass is 10.1. The molecule has 1 aliphatic heterocycles. The molecule has 9 heteroatoms. The van der Waals surface area contributed by atoms with Crippen LogP contribution in [0.15, 0.2) is 66.7 Å². The van der Waals surface area contributed by atoms with Crippen molar-refractivity contribution in [1.29, 1.82) is 0 Å². The van der Waals surface area contributed by atoms with Gasteiger partial charge < -0.3 is 24.6 Å². The number of amides is 2. The van der Waals surface area contributed by atoms with Crippen LogP contribution in [0.4, 0.5) is 11.4 Å². The second-order valence-electron chi connectivity index (χ2n) is 8.70. The molecule has 0 atom stereocenters. The number of methoxy groups -OCH3 is 2. The van der Waals surface area contributed by atoms with Gasteiger partial charge >= 0.3 is 0 Å². The first-order chi connectivity index (χ1) is 17.9. The van der Waals surface area contributed by atoms with Gasteiger partial charge in [-0.2, -0.15) is 0 Å². The van der Waals surface area contributed by atoms with Crippen LogP contribution in [0, 0.1) is 6.92 Å². The third kappa shape index (κ3) is 6.56. The number of aryl methyl sites for hydroxylation is 1. The van der Waals surface area contributed by atoms with Crippen LogP contribution in [0.25, 0.3) is 0 Å². The lowest BCUT2D eigenvalue weighted by Crippen LogP contribution is -2.48. The van der Waals surface area contributed by atoms with Gasteiger partial charge in [0.2, 0.25) is 0 Å². The zero-order valence-electron chi connectivity index (χ0n) is 21.1. The Labute approximate surface area is 222 Å². The molecule has 192 valence electrons. The highest BCUT2D eigenvalue weighted by atomic mass is 32.1. The lowest BCUT2D eigenvalue weighted by Gasteiger charge is -2.36. The number of nitrogens with one attached hydrogen (secondary N) is 2. The predicted molar refractivity (Wildman–Crippen MR) is 149 cm³/mol. The number of ether oxygens (including phenoxy) is 2. The summed E-state index contributed by atoms with van der Waals surface area (Å²) in [5.41, 5.74) is 4.05. The Morgan fingerprint density at radius 3 is 1.97 bits per heavy atom. The Hall–Kier alpha value is -4.11. The molecule has 0 spiro atoms. The Morgan fingerprint density at radius 2 is 1.41 bits per heavy atom. The van der Waals surface area contributed by atoms with Gasteiger partial charge in [0.15, 0.2) is 5.11 Å². The van der Waals surface area contributed by atoms with Crippen molar-refractivity contribution in [3.63, 3.8) is 0 Å². The van der Waals surface area contributed by atoms with E-state index < -0.39 is 0 Å². The lowest BCUT2D eigenvalue weighted by molar-refractivity contribution is 0.0746. The Morgan fingerprint density at radius 1 is 0.811 bits per heavy atom. The van der Waals surface area contributed by atoms with Gasteiger partial charge in [-0.15, -0.1) is 0 Å². The fourth-order valence-electron chi connectivity index (χ4n) is 4.08. The molecule has 0 aliphatic carbocycles. The molecule has 1 fully saturated rings. The van der Waals surface area contributed by atoms with Crippen molar-refractivity contribution in [2.45, 2.75) is 6.92 Å². The molecule has 37 heavy (non-hydrogen) atoms. The molecule has 3 aromatic rings. The van der Waals surface area contributed by atoms with E-state index in [9.17, 15) is 9.59 Å². The number of benzene rings is 3. The molecule has 0 bridgehead atoms. The van der Waals surface area contributed by atoms with E-state index in [4.69, 9.17) is 21.7 Å². The quantitative estimate of drug-likeness (QED) is 0.476. The van der Waals surface area contributed by atoms with Gasteiger partial charge in [0.1, 0.15) is 11.5 Å². The SMILES string of the molecule is COc1cc(OC)cc(C(=O)NC(=S)Nc2ccc(N3CCN(C(=O)c4ccc(C)cc4)CC3)cc2)c1. The second-order valence-corrected chi connectivity index (χ2v) is 9.11. The van der Waals surface area contributed by atoms with Crippen LogP contribution < -0.4 is 25.0 Å². The van der Waals surface area contributed by atoms with Gasteiger partial charge in [0.05, 0.1) is 14.2 Å². The van der Waals surface area contributed by atoms with Crippen molar-refractivity contribution in [3.05, 3.63) is 83.4 Å². The van der Waals surface area contributed by atoms with Gasteiger partial charge in [0, 0.05) is 54.7 Å². The molecular weight excluding hydrogens is 488 g/mol. The first-order valence-electron chi connectivity index (χ1n) is 11.9. The van der Waals surface area contributed by atoms with Crippen LogP contribution in [-0.4, -0.2) is 62.2 Å². The van der Waals surface area contributed by atoms with Crippen molar-refractivity contribution in [3.8, 4) is 11.5 Å². The number of piperazine rings is 1. The maximum atomic E-state index is 12.8. The van der Waals surface area contributed by atoms with Crippen LogP contribution in [0.3, 0.4) is 0 Å².